The minimum atomic E-state index is -0.0423. The van der Waals surface area contributed by atoms with Gasteiger partial charge < -0.3 is 14.9 Å². The second-order valence-corrected chi connectivity index (χ2v) is 7.13. The molecule has 4 heteroatoms. The summed E-state index contributed by atoms with van der Waals surface area (Å²) in [4.78, 5) is 17.6. The van der Waals surface area contributed by atoms with E-state index in [1.54, 1.807) is 0 Å². The molecule has 0 spiro atoms. The summed E-state index contributed by atoms with van der Waals surface area (Å²) >= 11 is 0. The fourth-order valence-corrected chi connectivity index (χ4v) is 3.62. The predicted octanol–water partition coefficient (Wildman–Crippen LogP) is 2.96. The number of aliphatic hydroxyl groups excluding tert-OH is 1. The van der Waals surface area contributed by atoms with Crippen LogP contribution in [0.1, 0.15) is 34.3 Å². The molecule has 2 aromatic carbocycles. The van der Waals surface area contributed by atoms with Gasteiger partial charge in [-0.15, -0.1) is 0 Å². The molecule has 1 amide bonds. The van der Waals surface area contributed by atoms with Crippen molar-refractivity contribution in [2.24, 2.45) is 0 Å². The smallest absolute Gasteiger partial charge is 0.254 e. The van der Waals surface area contributed by atoms with Gasteiger partial charge in [0.1, 0.15) is 0 Å². The van der Waals surface area contributed by atoms with E-state index >= 15 is 0 Å². The van der Waals surface area contributed by atoms with Crippen LogP contribution in [-0.2, 0) is 13.0 Å². The van der Waals surface area contributed by atoms with Gasteiger partial charge in [0.15, 0.2) is 0 Å². The van der Waals surface area contributed by atoms with E-state index in [9.17, 15) is 9.90 Å². The lowest BCUT2D eigenvalue weighted by atomic mass is 10.0. The zero-order valence-electron chi connectivity index (χ0n) is 15.5. The Morgan fingerprint density at radius 1 is 1.08 bits per heavy atom. The summed E-state index contributed by atoms with van der Waals surface area (Å²) in [6, 6.07) is 18.0. The van der Waals surface area contributed by atoms with Crippen LogP contribution >= 0.6 is 0 Å². The highest BCUT2D eigenvalue weighted by atomic mass is 16.3. The molecule has 1 N–H and O–H groups in total. The van der Waals surface area contributed by atoms with Crippen molar-refractivity contribution in [3.8, 4) is 0 Å². The average Bonchev–Trinajstić information content (AvgIpc) is 2.70. The van der Waals surface area contributed by atoms with Crippen molar-refractivity contribution in [1.29, 1.82) is 0 Å². The molecule has 3 rings (SSSR count). The maximum atomic E-state index is 13.2. The first-order valence-corrected chi connectivity index (χ1v) is 9.40. The molecule has 1 aliphatic rings. The topological polar surface area (TPSA) is 43.8 Å². The normalized spacial score (nSPS) is 15.8. The third kappa shape index (κ3) is 4.71. The number of benzene rings is 2. The van der Waals surface area contributed by atoms with E-state index in [1.807, 2.05) is 42.5 Å². The Labute approximate surface area is 156 Å². The summed E-state index contributed by atoms with van der Waals surface area (Å²) in [7, 11) is 2.14. The van der Waals surface area contributed by atoms with Crippen molar-refractivity contribution in [1.82, 2.24) is 9.80 Å². The highest BCUT2D eigenvalue weighted by Crippen LogP contribution is 2.20. The van der Waals surface area contributed by atoms with E-state index in [0.717, 1.165) is 44.5 Å². The molecule has 1 saturated heterocycles. The molecule has 1 fully saturated rings. The van der Waals surface area contributed by atoms with E-state index in [2.05, 4.69) is 29.0 Å². The molecule has 0 aliphatic carbocycles. The molecule has 0 unspecified atom stereocenters. The number of aliphatic hydroxyl groups is 1. The zero-order chi connectivity index (χ0) is 18.4. The monoisotopic (exact) mass is 352 g/mol. The number of piperidine rings is 1. The van der Waals surface area contributed by atoms with Crippen molar-refractivity contribution >= 4 is 5.91 Å². The van der Waals surface area contributed by atoms with E-state index in [-0.39, 0.29) is 18.6 Å². The van der Waals surface area contributed by atoms with Crippen LogP contribution in [0.5, 0.6) is 0 Å². The molecule has 2 aromatic rings. The first kappa shape index (κ1) is 18.6. The van der Waals surface area contributed by atoms with Gasteiger partial charge in [0.2, 0.25) is 0 Å². The summed E-state index contributed by atoms with van der Waals surface area (Å²) in [5, 5.41) is 9.38. The summed E-state index contributed by atoms with van der Waals surface area (Å²) < 4.78 is 0. The molecule has 1 aliphatic heterocycles. The summed E-state index contributed by atoms with van der Waals surface area (Å²) in [5.74, 6) is 0.0748. The number of rotatable bonds is 6. The fraction of sp³-hybridized carbons (Fsp3) is 0.409. The van der Waals surface area contributed by atoms with Gasteiger partial charge in [-0.2, -0.15) is 0 Å². The minimum Gasteiger partial charge on any atom is -0.392 e. The first-order valence-electron chi connectivity index (χ1n) is 9.40. The zero-order valence-corrected chi connectivity index (χ0v) is 15.5. The van der Waals surface area contributed by atoms with Gasteiger partial charge in [0, 0.05) is 18.2 Å². The van der Waals surface area contributed by atoms with Crippen LogP contribution in [0.4, 0.5) is 0 Å². The second kappa shape index (κ2) is 8.97. The molecule has 0 aromatic heterocycles. The second-order valence-electron chi connectivity index (χ2n) is 7.13. The number of carbonyl (C=O) groups excluding carboxylic acids is 1. The molecule has 26 heavy (non-hydrogen) atoms. The molecule has 0 atom stereocenters. The van der Waals surface area contributed by atoms with Gasteiger partial charge in [-0.25, -0.2) is 0 Å². The Kier molecular flexibility index (Phi) is 6.42. The van der Waals surface area contributed by atoms with Crippen LogP contribution in [0, 0.1) is 0 Å². The van der Waals surface area contributed by atoms with Gasteiger partial charge in [0.25, 0.3) is 5.91 Å². The predicted molar refractivity (Wildman–Crippen MR) is 104 cm³/mol. The van der Waals surface area contributed by atoms with Gasteiger partial charge in [-0.3, -0.25) is 4.79 Å². The molecule has 0 radical (unpaired) electrons. The van der Waals surface area contributed by atoms with Crippen molar-refractivity contribution in [3.63, 3.8) is 0 Å². The minimum absolute atomic E-state index is 0.0423. The Balaban J connectivity index is 1.78. The number of hydrogen-bond donors (Lipinski definition) is 1. The van der Waals surface area contributed by atoms with Gasteiger partial charge in [-0.05, 0) is 62.7 Å². The van der Waals surface area contributed by atoms with Crippen molar-refractivity contribution in [2.45, 2.75) is 31.9 Å². The highest BCUT2D eigenvalue weighted by Gasteiger charge is 2.27. The van der Waals surface area contributed by atoms with Crippen LogP contribution < -0.4 is 0 Å². The van der Waals surface area contributed by atoms with Crippen LogP contribution in [0.3, 0.4) is 0 Å². The Hall–Kier alpha value is -2.17. The Morgan fingerprint density at radius 3 is 2.46 bits per heavy atom. The quantitative estimate of drug-likeness (QED) is 0.869. The molecule has 138 valence electrons. The largest absolute Gasteiger partial charge is 0.392 e. The third-order valence-corrected chi connectivity index (χ3v) is 5.23. The van der Waals surface area contributed by atoms with Crippen LogP contribution in [0.2, 0.25) is 0 Å². The molecular weight excluding hydrogens is 324 g/mol. The summed E-state index contributed by atoms with van der Waals surface area (Å²) in [6.45, 7) is 2.73. The van der Waals surface area contributed by atoms with Crippen LogP contribution in [0.15, 0.2) is 54.6 Å². The maximum absolute atomic E-state index is 13.2. The number of hydrogen-bond acceptors (Lipinski definition) is 3. The SMILES string of the molecule is CN1CCC(N(CCc2ccccc2)C(=O)c2cccc(CO)c2)CC1. The first-order chi connectivity index (χ1) is 12.7. The number of amides is 1. The lowest BCUT2D eigenvalue weighted by molar-refractivity contribution is 0.0594. The van der Waals surface area contributed by atoms with Crippen molar-refractivity contribution in [3.05, 3.63) is 71.3 Å². The van der Waals surface area contributed by atoms with Crippen molar-refractivity contribution < 1.29 is 9.90 Å². The Bertz CT molecular complexity index is 709. The summed E-state index contributed by atoms with van der Waals surface area (Å²) in [6.07, 6.45) is 2.88. The van der Waals surface area contributed by atoms with Crippen molar-refractivity contribution in [2.75, 3.05) is 26.7 Å². The van der Waals surface area contributed by atoms with Gasteiger partial charge >= 0.3 is 0 Å². The molecule has 0 saturated carbocycles. The summed E-state index contributed by atoms with van der Waals surface area (Å²) in [5.41, 5.74) is 2.70. The standard InChI is InChI=1S/C22H28N2O2/c1-23-13-11-21(12-14-23)24(15-10-18-6-3-2-4-7-18)22(26)20-9-5-8-19(16-20)17-25/h2-9,16,21,25H,10-15,17H2,1H3. The molecule has 0 bridgehead atoms. The van der Waals surface area contributed by atoms with E-state index in [0.29, 0.717) is 5.56 Å². The van der Waals surface area contributed by atoms with E-state index < -0.39 is 0 Å². The van der Waals surface area contributed by atoms with E-state index in [4.69, 9.17) is 0 Å². The van der Waals surface area contributed by atoms with Gasteiger partial charge in [-0.1, -0.05) is 42.5 Å². The van der Waals surface area contributed by atoms with E-state index in [1.165, 1.54) is 5.56 Å². The fourth-order valence-electron chi connectivity index (χ4n) is 3.62. The lowest BCUT2D eigenvalue weighted by Gasteiger charge is -2.37. The maximum Gasteiger partial charge on any atom is 0.254 e. The highest BCUT2D eigenvalue weighted by molar-refractivity contribution is 5.94. The van der Waals surface area contributed by atoms with Gasteiger partial charge in [0.05, 0.1) is 6.61 Å². The molecule has 1 heterocycles. The molecule has 4 nitrogen and oxygen atoms in total. The number of nitrogens with zero attached hydrogens (tertiary/aromatic N) is 2. The lowest BCUT2D eigenvalue weighted by Crippen LogP contribution is -2.47. The van der Waals surface area contributed by atoms with Crippen LogP contribution in [-0.4, -0.2) is 53.5 Å². The average molecular weight is 352 g/mol. The molecular formula is C22H28N2O2. The number of likely N-dealkylation sites (tertiary alicyclic amines) is 1. The number of carbonyl (C=O) groups is 1. The third-order valence-electron chi connectivity index (χ3n) is 5.23. The Morgan fingerprint density at radius 2 is 1.77 bits per heavy atom. The van der Waals surface area contributed by atoms with Crippen LogP contribution in [0.25, 0.3) is 0 Å².